The van der Waals surface area contributed by atoms with Crippen molar-refractivity contribution >= 4 is 11.8 Å². The van der Waals surface area contributed by atoms with Gasteiger partial charge in [0.15, 0.2) is 5.82 Å². The molecule has 2 heterocycles. The first-order chi connectivity index (χ1) is 15.4. The van der Waals surface area contributed by atoms with Gasteiger partial charge in [-0.1, -0.05) is 12.1 Å². The van der Waals surface area contributed by atoms with Crippen molar-refractivity contribution in [1.82, 2.24) is 30.4 Å². The van der Waals surface area contributed by atoms with E-state index in [-0.39, 0.29) is 23.6 Å². The number of piperazine rings is 1. The Kier molecular flexibility index (Phi) is 5.85. The van der Waals surface area contributed by atoms with Gasteiger partial charge in [-0.05, 0) is 48.5 Å². The zero-order chi connectivity index (χ0) is 22.8. The molecule has 32 heavy (non-hydrogen) atoms. The molecule has 1 aromatic heterocycles. The van der Waals surface area contributed by atoms with Gasteiger partial charge in [0.1, 0.15) is 11.6 Å². The minimum Gasteiger partial charge on any atom is -0.497 e. The van der Waals surface area contributed by atoms with Gasteiger partial charge in [0.05, 0.1) is 12.7 Å². The number of aromatic nitrogens is 4. The number of carbonyl (C=O) groups is 2. The number of H-pyrrole nitrogens is 1. The van der Waals surface area contributed by atoms with Gasteiger partial charge < -0.3 is 14.5 Å². The third-order valence-electron chi connectivity index (χ3n) is 5.60. The summed E-state index contributed by atoms with van der Waals surface area (Å²) in [6.45, 7) is 4.38. The van der Waals surface area contributed by atoms with Gasteiger partial charge in [0.25, 0.3) is 11.8 Å². The lowest BCUT2D eigenvalue weighted by Gasteiger charge is -2.44. The quantitative estimate of drug-likeness (QED) is 0.671. The van der Waals surface area contributed by atoms with Gasteiger partial charge in [-0.25, -0.2) is 9.49 Å². The third-order valence-corrected chi connectivity index (χ3v) is 5.60. The van der Waals surface area contributed by atoms with Crippen molar-refractivity contribution < 1.29 is 18.7 Å². The molecule has 166 valence electrons. The number of tetrazole rings is 1. The molecule has 0 spiro atoms. The summed E-state index contributed by atoms with van der Waals surface area (Å²) < 4.78 is 19.4. The maximum atomic E-state index is 14.4. The Morgan fingerprint density at radius 3 is 2.31 bits per heavy atom. The van der Waals surface area contributed by atoms with Crippen molar-refractivity contribution in [1.29, 1.82) is 0 Å². The van der Waals surface area contributed by atoms with E-state index in [1.807, 2.05) is 13.8 Å². The van der Waals surface area contributed by atoms with Crippen LogP contribution in [0.2, 0.25) is 0 Å². The zero-order valence-corrected chi connectivity index (χ0v) is 17.9. The van der Waals surface area contributed by atoms with E-state index >= 15 is 0 Å². The van der Waals surface area contributed by atoms with E-state index in [2.05, 4.69) is 20.6 Å². The summed E-state index contributed by atoms with van der Waals surface area (Å²) >= 11 is 0. The average Bonchev–Trinajstić information content (AvgIpc) is 3.33. The molecule has 1 saturated heterocycles. The summed E-state index contributed by atoms with van der Waals surface area (Å²) in [5.41, 5.74) is 1.29. The summed E-state index contributed by atoms with van der Waals surface area (Å²) in [5.74, 6) is -0.295. The number of aromatic amines is 1. The maximum Gasteiger partial charge on any atom is 0.256 e. The predicted molar refractivity (Wildman–Crippen MR) is 114 cm³/mol. The van der Waals surface area contributed by atoms with E-state index in [4.69, 9.17) is 4.74 Å². The monoisotopic (exact) mass is 438 g/mol. The molecule has 1 aliphatic heterocycles. The van der Waals surface area contributed by atoms with E-state index in [1.165, 1.54) is 19.2 Å². The second-order valence-corrected chi connectivity index (χ2v) is 7.79. The largest absolute Gasteiger partial charge is 0.497 e. The molecule has 1 aliphatic rings. The maximum absolute atomic E-state index is 14.4. The first kappa shape index (κ1) is 21.4. The summed E-state index contributed by atoms with van der Waals surface area (Å²) in [4.78, 5) is 29.5. The van der Waals surface area contributed by atoms with Crippen LogP contribution in [0.5, 0.6) is 5.75 Å². The predicted octanol–water partition coefficient (Wildman–Crippen LogP) is 2.39. The lowest BCUT2D eigenvalue weighted by Crippen LogP contribution is -2.59. The Hall–Kier alpha value is -3.82. The normalized spacial score (nSPS) is 18.5. The van der Waals surface area contributed by atoms with Crippen LogP contribution in [0.3, 0.4) is 0 Å². The highest BCUT2D eigenvalue weighted by atomic mass is 19.1. The van der Waals surface area contributed by atoms with Crippen LogP contribution in [-0.2, 0) is 0 Å². The third kappa shape index (κ3) is 4.03. The van der Waals surface area contributed by atoms with Crippen molar-refractivity contribution in [3.8, 4) is 17.1 Å². The van der Waals surface area contributed by atoms with Gasteiger partial charge in [-0.15, -0.1) is 5.10 Å². The van der Waals surface area contributed by atoms with Crippen LogP contribution in [-0.4, -0.2) is 74.5 Å². The van der Waals surface area contributed by atoms with E-state index in [9.17, 15) is 14.0 Å². The Morgan fingerprint density at radius 1 is 1.06 bits per heavy atom. The molecule has 9 nitrogen and oxygen atoms in total. The van der Waals surface area contributed by atoms with Crippen LogP contribution in [0.1, 0.15) is 34.6 Å². The summed E-state index contributed by atoms with van der Waals surface area (Å²) in [7, 11) is 1.44. The SMILES string of the molecule is COc1ccc(C(=O)N2C[C@@H](C)N(C(=O)c3ccc(-c4nnn[nH]4)cc3)[C@H](C)C2)c(F)c1. The zero-order valence-electron chi connectivity index (χ0n) is 17.9. The second kappa shape index (κ2) is 8.74. The molecular weight excluding hydrogens is 415 g/mol. The van der Waals surface area contributed by atoms with Crippen LogP contribution in [0, 0.1) is 5.82 Å². The Labute approximate surface area is 184 Å². The van der Waals surface area contributed by atoms with E-state index in [0.717, 1.165) is 5.56 Å². The summed E-state index contributed by atoms with van der Waals surface area (Å²) in [6.07, 6.45) is 0. The molecule has 2 aromatic carbocycles. The first-order valence-corrected chi connectivity index (χ1v) is 10.2. The smallest absolute Gasteiger partial charge is 0.256 e. The lowest BCUT2D eigenvalue weighted by atomic mass is 10.0. The number of amides is 2. The van der Waals surface area contributed by atoms with E-state index in [1.54, 1.807) is 40.1 Å². The molecule has 4 rings (SSSR count). The fourth-order valence-electron chi connectivity index (χ4n) is 4.06. The Balaban J connectivity index is 1.48. The first-order valence-electron chi connectivity index (χ1n) is 10.2. The van der Waals surface area contributed by atoms with Crippen LogP contribution in [0.15, 0.2) is 42.5 Å². The van der Waals surface area contributed by atoms with Gasteiger partial charge in [-0.2, -0.15) is 0 Å². The minimum atomic E-state index is -0.629. The number of hydrogen-bond donors (Lipinski definition) is 1. The molecular formula is C22H23FN6O3. The Morgan fingerprint density at radius 2 is 1.75 bits per heavy atom. The van der Waals surface area contributed by atoms with Crippen molar-refractivity contribution in [2.45, 2.75) is 25.9 Å². The number of rotatable bonds is 4. The van der Waals surface area contributed by atoms with Gasteiger partial charge >= 0.3 is 0 Å². The number of hydrogen-bond acceptors (Lipinski definition) is 6. The van der Waals surface area contributed by atoms with E-state index < -0.39 is 11.7 Å². The standard InChI is InChI=1S/C22H23FN6O3/c1-13-11-28(22(31)18-9-8-17(32-3)10-19(18)23)12-14(2)29(13)21(30)16-6-4-15(5-7-16)20-24-26-27-25-20/h4-10,13-14H,11-12H2,1-3H3,(H,24,25,26,27)/t13-,14-/m1/s1. The van der Waals surface area contributed by atoms with Gasteiger partial charge in [-0.3, -0.25) is 9.59 Å². The molecule has 2 amide bonds. The fraction of sp³-hybridized carbons (Fsp3) is 0.318. The number of ether oxygens (including phenoxy) is 1. The summed E-state index contributed by atoms with van der Waals surface area (Å²) in [6, 6.07) is 10.7. The van der Waals surface area contributed by atoms with Crippen molar-refractivity contribution in [2.24, 2.45) is 0 Å². The highest BCUT2D eigenvalue weighted by molar-refractivity contribution is 5.96. The molecule has 2 atom stereocenters. The molecule has 0 saturated carbocycles. The molecule has 10 heteroatoms. The molecule has 1 fully saturated rings. The van der Waals surface area contributed by atoms with Crippen molar-refractivity contribution in [3.63, 3.8) is 0 Å². The Bertz CT molecular complexity index is 1110. The number of carbonyl (C=O) groups excluding carboxylic acids is 2. The number of halogens is 1. The highest BCUT2D eigenvalue weighted by Crippen LogP contribution is 2.24. The molecule has 0 bridgehead atoms. The van der Waals surface area contributed by atoms with Gasteiger partial charge in [0, 0.05) is 42.4 Å². The van der Waals surface area contributed by atoms with Crippen molar-refractivity contribution in [2.75, 3.05) is 20.2 Å². The topological polar surface area (TPSA) is 104 Å². The number of nitrogens with one attached hydrogen (secondary N) is 1. The molecule has 0 unspecified atom stereocenters. The minimum absolute atomic E-state index is 0.0116. The van der Waals surface area contributed by atoms with Gasteiger partial charge in [0.2, 0.25) is 0 Å². The van der Waals surface area contributed by atoms with Crippen molar-refractivity contribution in [3.05, 3.63) is 59.4 Å². The molecule has 3 aromatic rings. The van der Waals surface area contributed by atoms with E-state index in [0.29, 0.717) is 30.2 Å². The summed E-state index contributed by atoms with van der Waals surface area (Å²) in [5, 5.41) is 13.6. The van der Waals surface area contributed by atoms with Crippen LogP contribution >= 0.6 is 0 Å². The lowest BCUT2D eigenvalue weighted by molar-refractivity contribution is 0.0252. The van der Waals surface area contributed by atoms with Crippen LogP contribution in [0.4, 0.5) is 4.39 Å². The van der Waals surface area contributed by atoms with Crippen LogP contribution in [0.25, 0.3) is 11.4 Å². The molecule has 0 radical (unpaired) electrons. The molecule has 1 N–H and O–H groups in total. The second-order valence-electron chi connectivity index (χ2n) is 7.79. The number of benzene rings is 2. The average molecular weight is 438 g/mol. The fourth-order valence-corrected chi connectivity index (χ4v) is 4.06. The number of methoxy groups -OCH3 is 1. The molecule has 0 aliphatic carbocycles. The van der Waals surface area contributed by atoms with Crippen LogP contribution < -0.4 is 4.74 Å². The highest BCUT2D eigenvalue weighted by Gasteiger charge is 2.36. The number of nitrogens with zero attached hydrogens (tertiary/aromatic N) is 5.